The van der Waals surface area contributed by atoms with Gasteiger partial charge in [0.1, 0.15) is 10.8 Å². The lowest BCUT2D eigenvalue weighted by atomic mass is 10.1. The molecule has 0 unspecified atom stereocenters. The molecule has 2 rings (SSSR count). The van der Waals surface area contributed by atoms with E-state index in [1.165, 1.54) is 38.6 Å². The lowest BCUT2D eigenvalue weighted by molar-refractivity contribution is 0.0600. The Morgan fingerprint density at radius 3 is 2.86 bits per heavy atom. The SMILES string of the molecule is COC(=O)c1ccc(F)c(CNc2nc(OC)ncc2Cl)c1. The van der Waals surface area contributed by atoms with Crippen LogP contribution in [-0.4, -0.2) is 30.2 Å². The Balaban J connectivity index is 2.19. The first-order valence-electron chi connectivity index (χ1n) is 6.22. The van der Waals surface area contributed by atoms with Crippen LogP contribution in [-0.2, 0) is 11.3 Å². The molecule has 1 aromatic carbocycles. The molecule has 0 fully saturated rings. The first-order valence-corrected chi connectivity index (χ1v) is 6.60. The number of nitrogens with zero attached hydrogens (tertiary/aromatic N) is 2. The molecule has 2 aromatic rings. The molecule has 1 aromatic heterocycles. The maximum atomic E-state index is 13.8. The van der Waals surface area contributed by atoms with Crippen LogP contribution in [0.5, 0.6) is 6.01 Å². The van der Waals surface area contributed by atoms with Crippen LogP contribution in [0.25, 0.3) is 0 Å². The summed E-state index contributed by atoms with van der Waals surface area (Å²) in [7, 11) is 2.68. The zero-order valence-corrected chi connectivity index (χ0v) is 12.6. The summed E-state index contributed by atoms with van der Waals surface area (Å²) in [5, 5.41) is 3.14. The van der Waals surface area contributed by atoms with Crippen LogP contribution in [0.15, 0.2) is 24.4 Å². The Bertz CT molecular complexity index is 697. The molecular formula is C14H13ClFN3O3. The van der Waals surface area contributed by atoms with Crippen molar-refractivity contribution in [2.75, 3.05) is 19.5 Å². The first-order chi connectivity index (χ1) is 10.5. The number of carbonyl (C=O) groups is 1. The number of ether oxygens (including phenoxy) is 2. The van der Waals surface area contributed by atoms with Crippen LogP contribution >= 0.6 is 11.6 Å². The van der Waals surface area contributed by atoms with E-state index >= 15 is 0 Å². The van der Waals surface area contributed by atoms with Crippen molar-refractivity contribution in [2.24, 2.45) is 0 Å². The molecule has 0 radical (unpaired) electrons. The number of methoxy groups -OCH3 is 2. The molecule has 6 nitrogen and oxygen atoms in total. The molecule has 0 spiro atoms. The van der Waals surface area contributed by atoms with Crippen LogP contribution in [0, 0.1) is 5.82 Å². The minimum atomic E-state index is -0.539. The number of carbonyl (C=O) groups excluding carboxylic acids is 1. The van der Waals surface area contributed by atoms with Gasteiger partial charge in [0, 0.05) is 12.1 Å². The molecule has 0 atom stereocenters. The fraction of sp³-hybridized carbons (Fsp3) is 0.214. The fourth-order valence-corrected chi connectivity index (χ4v) is 1.87. The van der Waals surface area contributed by atoms with Crippen LogP contribution < -0.4 is 10.1 Å². The molecule has 0 aliphatic rings. The Morgan fingerprint density at radius 1 is 1.41 bits per heavy atom. The van der Waals surface area contributed by atoms with Crippen molar-refractivity contribution in [3.63, 3.8) is 0 Å². The van der Waals surface area contributed by atoms with Gasteiger partial charge in [-0.15, -0.1) is 0 Å². The third-order valence-electron chi connectivity index (χ3n) is 2.82. The molecule has 0 saturated carbocycles. The summed E-state index contributed by atoms with van der Waals surface area (Å²) in [6.45, 7) is 0.0799. The van der Waals surface area contributed by atoms with Crippen molar-refractivity contribution < 1.29 is 18.7 Å². The maximum absolute atomic E-state index is 13.8. The van der Waals surface area contributed by atoms with Crippen LogP contribution in [0.3, 0.4) is 0 Å². The fourth-order valence-electron chi connectivity index (χ4n) is 1.71. The number of benzene rings is 1. The van der Waals surface area contributed by atoms with Crippen LogP contribution in [0.1, 0.15) is 15.9 Å². The third kappa shape index (κ3) is 3.62. The summed E-state index contributed by atoms with van der Waals surface area (Å²) < 4.78 is 23.3. The Kier molecular flexibility index (Phi) is 5.11. The molecule has 0 amide bonds. The summed E-state index contributed by atoms with van der Waals surface area (Å²) in [4.78, 5) is 19.3. The van der Waals surface area contributed by atoms with Gasteiger partial charge in [-0.05, 0) is 18.2 Å². The normalized spacial score (nSPS) is 10.2. The Morgan fingerprint density at radius 2 is 2.18 bits per heavy atom. The Hall–Kier alpha value is -2.41. The highest BCUT2D eigenvalue weighted by Crippen LogP contribution is 2.21. The zero-order valence-electron chi connectivity index (χ0n) is 11.9. The van der Waals surface area contributed by atoms with Crippen molar-refractivity contribution in [3.05, 3.63) is 46.4 Å². The molecule has 1 heterocycles. The van der Waals surface area contributed by atoms with Gasteiger partial charge < -0.3 is 14.8 Å². The number of anilines is 1. The highest BCUT2D eigenvalue weighted by atomic mass is 35.5. The number of esters is 1. The number of nitrogens with one attached hydrogen (secondary N) is 1. The summed E-state index contributed by atoms with van der Waals surface area (Å²) >= 11 is 5.95. The zero-order chi connectivity index (χ0) is 16.1. The van der Waals surface area contributed by atoms with E-state index in [0.29, 0.717) is 5.82 Å². The number of halogens is 2. The highest BCUT2D eigenvalue weighted by Gasteiger charge is 2.11. The van der Waals surface area contributed by atoms with Crippen molar-refractivity contribution in [1.29, 1.82) is 0 Å². The van der Waals surface area contributed by atoms with Gasteiger partial charge in [-0.25, -0.2) is 14.2 Å². The summed E-state index contributed by atoms with van der Waals surface area (Å²) in [5.74, 6) is -0.698. The van der Waals surface area contributed by atoms with Gasteiger partial charge >= 0.3 is 12.0 Å². The minimum absolute atomic E-state index is 0.0799. The highest BCUT2D eigenvalue weighted by molar-refractivity contribution is 6.32. The molecule has 22 heavy (non-hydrogen) atoms. The van der Waals surface area contributed by atoms with Crippen LogP contribution in [0.2, 0.25) is 5.02 Å². The largest absolute Gasteiger partial charge is 0.467 e. The van der Waals surface area contributed by atoms with Gasteiger partial charge in [0.2, 0.25) is 0 Å². The predicted octanol–water partition coefficient (Wildman–Crippen LogP) is 2.68. The molecule has 0 aliphatic carbocycles. The van der Waals surface area contributed by atoms with E-state index < -0.39 is 11.8 Å². The van der Waals surface area contributed by atoms with Gasteiger partial charge in [0.15, 0.2) is 5.82 Å². The van der Waals surface area contributed by atoms with Crippen molar-refractivity contribution in [3.8, 4) is 6.01 Å². The average Bonchev–Trinajstić information content (AvgIpc) is 2.54. The van der Waals surface area contributed by atoms with E-state index in [1.54, 1.807) is 0 Å². The van der Waals surface area contributed by atoms with E-state index in [2.05, 4.69) is 20.0 Å². The van der Waals surface area contributed by atoms with E-state index in [1.807, 2.05) is 0 Å². The second-order valence-corrected chi connectivity index (χ2v) is 4.61. The van der Waals surface area contributed by atoms with Crippen molar-refractivity contribution in [1.82, 2.24) is 9.97 Å². The monoisotopic (exact) mass is 325 g/mol. The standard InChI is InChI=1S/C14H13ClFN3O3/c1-21-13(20)8-3-4-11(16)9(5-8)6-17-12-10(15)7-18-14(19-12)22-2/h3-5,7H,6H2,1-2H3,(H,17,18,19). The first kappa shape index (κ1) is 16.0. The second kappa shape index (κ2) is 7.04. The third-order valence-corrected chi connectivity index (χ3v) is 3.09. The van der Waals surface area contributed by atoms with Gasteiger partial charge in [-0.2, -0.15) is 4.98 Å². The summed E-state index contributed by atoms with van der Waals surface area (Å²) in [6, 6.07) is 4.09. The minimum Gasteiger partial charge on any atom is -0.467 e. The number of hydrogen-bond acceptors (Lipinski definition) is 6. The van der Waals surface area contributed by atoms with E-state index in [4.69, 9.17) is 16.3 Å². The van der Waals surface area contributed by atoms with Gasteiger partial charge in [-0.1, -0.05) is 11.6 Å². The predicted molar refractivity (Wildman–Crippen MR) is 78.7 cm³/mol. The summed E-state index contributed by atoms with van der Waals surface area (Å²) in [5.41, 5.74) is 0.531. The second-order valence-electron chi connectivity index (χ2n) is 4.20. The van der Waals surface area contributed by atoms with E-state index in [9.17, 15) is 9.18 Å². The van der Waals surface area contributed by atoms with Crippen molar-refractivity contribution >= 4 is 23.4 Å². The van der Waals surface area contributed by atoms with Crippen LogP contribution in [0.4, 0.5) is 10.2 Å². The summed E-state index contributed by atoms with van der Waals surface area (Å²) in [6.07, 6.45) is 1.37. The maximum Gasteiger partial charge on any atom is 0.337 e. The Labute approximate surface area is 131 Å². The van der Waals surface area contributed by atoms with Gasteiger partial charge in [-0.3, -0.25) is 0 Å². The topological polar surface area (TPSA) is 73.3 Å². The molecule has 0 bridgehead atoms. The molecule has 0 aliphatic heterocycles. The smallest absolute Gasteiger partial charge is 0.337 e. The number of aromatic nitrogens is 2. The molecule has 8 heteroatoms. The molecule has 1 N–H and O–H groups in total. The molecule has 0 saturated heterocycles. The van der Waals surface area contributed by atoms with Crippen molar-refractivity contribution in [2.45, 2.75) is 6.54 Å². The lowest BCUT2D eigenvalue weighted by Gasteiger charge is -2.10. The number of hydrogen-bond donors (Lipinski definition) is 1. The average molecular weight is 326 g/mol. The van der Waals surface area contributed by atoms with E-state index in [-0.39, 0.29) is 28.7 Å². The number of rotatable bonds is 5. The molecular weight excluding hydrogens is 313 g/mol. The van der Waals surface area contributed by atoms with E-state index in [0.717, 1.165) is 0 Å². The van der Waals surface area contributed by atoms with Gasteiger partial charge in [0.25, 0.3) is 0 Å². The van der Waals surface area contributed by atoms with Gasteiger partial charge in [0.05, 0.1) is 26.0 Å². The molecule has 116 valence electrons. The lowest BCUT2D eigenvalue weighted by Crippen LogP contribution is -2.08. The quantitative estimate of drug-likeness (QED) is 0.852.